The number of furan rings is 1. The molecule has 1 aromatic carbocycles. The molecule has 2 N–H and O–H groups in total. The molecule has 0 saturated heterocycles. The van der Waals surface area contributed by atoms with Gasteiger partial charge in [0.05, 0.1) is 27.3 Å². The monoisotopic (exact) mass is 224 g/mol. The number of aromatic nitrogens is 2. The van der Waals surface area contributed by atoms with Crippen LogP contribution in [-0.2, 0) is 0 Å². The molecule has 0 spiro atoms. The Morgan fingerprint density at radius 2 is 2.12 bits per heavy atom. The van der Waals surface area contributed by atoms with Gasteiger partial charge in [0.15, 0.2) is 5.75 Å². The molecule has 0 fully saturated rings. The van der Waals surface area contributed by atoms with Crippen LogP contribution >= 0.6 is 0 Å². The molecule has 4 nitrogen and oxygen atoms in total. The standard InChI is InChI=1S/C13H8N2O2/c16-10-6-17-13-7(10)3-4-8-11(13)12-9(15-8)2-1-5-14-12/h1-6,15-16H. The Balaban J connectivity index is 2.38. The number of nitrogens with one attached hydrogen (secondary N) is 1. The van der Waals surface area contributed by atoms with E-state index in [1.54, 1.807) is 6.20 Å². The maximum Gasteiger partial charge on any atom is 0.161 e. The van der Waals surface area contributed by atoms with Gasteiger partial charge in [0.25, 0.3) is 0 Å². The lowest BCUT2D eigenvalue weighted by Gasteiger charge is -1.92. The van der Waals surface area contributed by atoms with E-state index in [0.29, 0.717) is 11.0 Å². The summed E-state index contributed by atoms with van der Waals surface area (Å²) in [7, 11) is 0. The first kappa shape index (κ1) is 8.64. The van der Waals surface area contributed by atoms with Crippen molar-refractivity contribution >= 4 is 32.9 Å². The van der Waals surface area contributed by atoms with E-state index in [9.17, 15) is 5.11 Å². The van der Waals surface area contributed by atoms with Crippen molar-refractivity contribution in [3.63, 3.8) is 0 Å². The van der Waals surface area contributed by atoms with Crippen molar-refractivity contribution in [1.29, 1.82) is 0 Å². The van der Waals surface area contributed by atoms with Crippen molar-refractivity contribution in [1.82, 2.24) is 9.97 Å². The normalized spacial score (nSPS) is 11.8. The third kappa shape index (κ3) is 0.990. The van der Waals surface area contributed by atoms with Gasteiger partial charge in [-0.25, -0.2) is 0 Å². The Bertz CT molecular complexity index is 858. The van der Waals surface area contributed by atoms with Gasteiger partial charge in [0.1, 0.15) is 11.8 Å². The summed E-state index contributed by atoms with van der Waals surface area (Å²) in [5.41, 5.74) is 3.46. The number of aromatic amines is 1. The second-order valence-electron chi connectivity index (χ2n) is 4.01. The lowest BCUT2D eigenvalue weighted by atomic mass is 10.1. The molecule has 0 aliphatic heterocycles. The van der Waals surface area contributed by atoms with Crippen LogP contribution in [-0.4, -0.2) is 15.1 Å². The molecule has 0 aliphatic carbocycles. The van der Waals surface area contributed by atoms with Gasteiger partial charge in [-0.3, -0.25) is 4.98 Å². The Morgan fingerprint density at radius 3 is 3.06 bits per heavy atom. The highest BCUT2D eigenvalue weighted by Crippen LogP contribution is 2.35. The summed E-state index contributed by atoms with van der Waals surface area (Å²) < 4.78 is 5.42. The van der Waals surface area contributed by atoms with Gasteiger partial charge < -0.3 is 14.5 Å². The van der Waals surface area contributed by atoms with E-state index >= 15 is 0 Å². The van der Waals surface area contributed by atoms with E-state index < -0.39 is 0 Å². The summed E-state index contributed by atoms with van der Waals surface area (Å²) in [4.78, 5) is 7.63. The molecule has 4 heteroatoms. The summed E-state index contributed by atoms with van der Waals surface area (Å²) in [6.07, 6.45) is 3.10. The van der Waals surface area contributed by atoms with Crippen LogP contribution < -0.4 is 0 Å². The minimum absolute atomic E-state index is 0.159. The van der Waals surface area contributed by atoms with Crippen molar-refractivity contribution < 1.29 is 9.52 Å². The third-order valence-electron chi connectivity index (χ3n) is 3.04. The first-order valence-corrected chi connectivity index (χ1v) is 5.30. The molecule has 3 heterocycles. The summed E-state index contributed by atoms with van der Waals surface area (Å²) in [5.74, 6) is 0.159. The lowest BCUT2D eigenvalue weighted by molar-refractivity contribution is 0.464. The highest BCUT2D eigenvalue weighted by atomic mass is 16.4. The third-order valence-corrected chi connectivity index (χ3v) is 3.04. The number of hydrogen-bond donors (Lipinski definition) is 2. The number of pyridine rings is 1. The van der Waals surface area contributed by atoms with Gasteiger partial charge in [-0.05, 0) is 24.3 Å². The van der Waals surface area contributed by atoms with Crippen LogP contribution in [0.4, 0.5) is 0 Å². The molecular weight excluding hydrogens is 216 g/mol. The van der Waals surface area contributed by atoms with E-state index in [-0.39, 0.29) is 5.75 Å². The molecule has 4 rings (SSSR count). The van der Waals surface area contributed by atoms with Gasteiger partial charge in [-0.15, -0.1) is 0 Å². The number of benzene rings is 1. The topological polar surface area (TPSA) is 62.1 Å². The molecule has 0 unspecified atom stereocenters. The maximum absolute atomic E-state index is 9.66. The Hall–Kier alpha value is -2.49. The summed E-state index contributed by atoms with van der Waals surface area (Å²) in [6.45, 7) is 0. The molecule has 0 atom stereocenters. The van der Waals surface area contributed by atoms with Crippen LogP contribution in [0.5, 0.6) is 5.75 Å². The molecule has 0 amide bonds. The average Bonchev–Trinajstić information content (AvgIpc) is 2.90. The zero-order valence-electron chi connectivity index (χ0n) is 8.77. The van der Waals surface area contributed by atoms with Crippen LogP contribution in [0.15, 0.2) is 41.1 Å². The van der Waals surface area contributed by atoms with Crippen molar-refractivity contribution in [3.8, 4) is 5.75 Å². The summed E-state index contributed by atoms with van der Waals surface area (Å²) in [5, 5.41) is 11.3. The van der Waals surface area contributed by atoms with E-state index in [1.165, 1.54) is 6.26 Å². The Kier molecular flexibility index (Phi) is 1.42. The van der Waals surface area contributed by atoms with Gasteiger partial charge in [0.2, 0.25) is 0 Å². The number of H-pyrrole nitrogens is 1. The number of nitrogens with zero attached hydrogens (tertiary/aromatic N) is 1. The molecule has 0 bridgehead atoms. The smallest absolute Gasteiger partial charge is 0.161 e. The minimum atomic E-state index is 0.159. The summed E-state index contributed by atoms with van der Waals surface area (Å²) >= 11 is 0. The van der Waals surface area contributed by atoms with Gasteiger partial charge in [0, 0.05) is 6.20 Å². The second kappa shape index (κ2) is 2.79. The van der Waals surface area contributed by atoms with Gasteiger partial charge in [-0.2, -0.15) is 0 Å². The largest absolute Gasteiger partial charge is 0.504 e. The zero-order valence-corrected chi connectivity index (χ0v) is 8.77. The van der Waals surface area contributed by atoms with Crippen LogP contribution in [0.1, 0.15) is 0 Å². The van der Waals surface area contributed by atoms with Crippen LogP contribution in [0.2, 0.25) is 0 Å². The predicted molar refractivity (Wildman–Crippen MR) is 65.0 cm³/mol. The SMILES string of the molecule is Oc1coc2c1ccc1[nH]c3cccnc3c12. The Morgan fingerprint density at radius 1 is 1.18 bits per heavy atom. The number of aromatic hydroxyl groups is 1. The highest BCUT2D eigenvalue weighted by molar-refractivity contribution is 6.17. The fraction of sp³-hybridized carbons (Fsp3) is 0. The zero-order chi connectivity index (χ0) is 11.4. The lowest BCUT2D eigenvalue weighted by Crippen LogP contribution is -1.72. The van der Waals surface area contributed by atoms with Crippen molar-refractivity contribution in [2.45, 2.75) is 0 Å². The number of hydrogen-bond acceptors (Lipinski definition) is 3. The fourth-order valence-electron chi connectivity index (χ4n) is 2.27. The molecule has 17 heavy (non-hydrogen) atoms. The highest BCUT2D eigenvalue weighted by Gasteiger charge is 2.13. The molecule has 3 aromatic heterocycles. The summed E-state index contributed by atoms with van der Waals surface area (Å²) in [6, 6.07) is 7.62. The van der Waals surface area contributed by atoms with Gasteiger partial charge >= 0.3 is 0 Å². The van der Waals surface area contributed by atoms with E-state index in [1.807, 2.05) is 24.3 Å². The maximum atomic E-state index is 9.66. The fourth-order valence-corrected chi connectivity index (χ4v) is 2.27. The molecule has 4 aromatic rings. The molecule has 0 radical (unpaired) electrons. The predicted octanol–water partition coefficient (Wildman–Crippen LogP) is 3.17. The molecule has 82 valence electrons. The first-order valence-electron chi connectivity index (χ1n) is 5.30. The van der Waals surface area contributed by atoms with Crippen molar-refractivity contribution in [2.75, 3.05) is 0 Å². The Labute approximate surface area is 95.5 Å². The quantitative estimate of drug-likeness (QED) is 0.482. The van der Waals surface area contributed by atoms with Crippen LogP contribution in [0, 0.1) is 0 Å². The first-order chi connectivity index (χ1) is 8.34. The molecule has 0 saturated carbocycles. The van der Waals surface area contributed by atoms with Crippen LogP contribution in [0.3, 0.4) is 0 Å². The van der Waals surface area contributed by atoms with Gasteiger partial charge in [-0.1, -0.05) is 0 Å². The van der Waals surface area contributed by atoms with E-state index in [2.05, 4.69) is 9.97 Å². The van der Waals surface area contributed by atoms with E-state index in [0.717, 1.165) is 21.9 Å². The minimum Gasteiger partial charge on any atom is -0.504 e. The van der Waals surface area contributed by atoms with Crippen molar-refractivity contribution in [3.05, 3.63) is 36.7 Å². The number of rotatable bonds is 0. The number of fused-ring (bicyclic) bond motifs is 5. The molecule has 0 aliphatic rings. The van der Waals surface area contributed by atoms with Crippen LogP contribution in [0.25, 0.3) is 32.9 Å². The van der Waals surface area contributed by atoms with Crippen molar-refractivity contribution in [2.24, 2.45) is 0 Å². The molecular formula is C13H8N2O2. The van der Waals surface area contributed by atoms with E-state index in [4.69, 9.17) is 4.42 Å². The average molecular weight is 224 g/mol. The second-order valence-corrected chi connectivity index (χ2v) is 4.01.